The monoisotopic (exact) mass is 368 g/mol. The number of fused-ring (bicyclic) bond motifs is 1. The highest BCUT2D eigenvalue weighted by atomic mass is 16.5. The first-order chi connectivity index (χ1) is 12.8. The van der Waals surface area contributed by atoms with Crippen molar-refractivity contribution in [2.75, 3.05) is 18.5 Å². The number of benzene rings is 2. The minimum absolute atomic E-state index is 0.179. The molecule has 0 aromatic heterocycles. The van der Waals surface area contributed by atoms with Crippen molar-refractivity contribution in [3.63, 3.8) is 0 Å². The molecule has 0 atom stereocenters. The number of rotatable bonds is 6. The molecule has 27 heavy (non-hydrogen) atoms. The van der Waals surface area contributed by atoms with E-state index < -0.39 is 0 Å². The van der Waals surface area contributed by atoms with Crippen molar-refractivity contribution in [1.82, 2.24) is 5.32 Å². The second-order valence-corrected chi connectivity index (χ2v) is 7.15. The third kappa shape index (κ3) is 4.78. The van der Waals surface area contributed by atoms with Gasteiger partial charge in [0.05, 0.1) is 6.54 Å². The lowest BCUT2D eigenvalue weighted by atomic mass is 10.0. The predicted molar refractivity (Wildman–Crippen MR) is 103 cm³/mol. The molecular formula is C21H24N2O4. The SMILES string of the molecule is CC(=O)Nc1cccc(C(=O)NCCOc2cccc3c2OC(C)(C)C3)c1. The van der Waals surface area contributed by atoms with Gasteiger partial charge in [0.25, 0.3) is 5.91 Å². The van der Waals surface area contributed by atoms with Gasteiger partial charge in [-0.25, -0.2) is 0 Å². The van der Waals surface area contributed by atoms with Crippen LogP contribution in [0.1, 0.15) is 36.7 Å². The standard InChI is InChI=1S/C21H24N2O4/c1-14(24)23-17-8-4-6-15(12-17)20(25)22-10-11-26-18-9-5-7-16-13-21(2,3)27-19(16)18/h4-9,12H,10-11,13H2,1-3H3,(H,22,25)(H,23,24). The molecule has 6 nitrogen and oxygen atoms in total. The molecule has 2 amide bonds. The fourth-order valence-electron chi connectivity index (χ4n) is 3.07. The molecule has 2 N–H and O–H groups in total. The highest BCUT2D eigenvalue weighted by Crippen LogP contribution is 2.41. The van der Waals surface area contributed by atoms with Gasteiger partial charge >= 0.3 is 0 Å². The van der Waals surface area contributed by atoms with E-state index in [2.05, 4.69) is 10.6 Å². The quantitative estimate of drug-likeness (QED) is 0.768. The molecule has 0 radical (unpaired) electrons. The van der Waals surface area contributed by atoms with Crippen molar-refractivity contribution >= 4 is 17.5 Å². The number of carbonyl (C=O) groups is 2. The Morgan fingerprint density at radius 2 is 1.96 bits per heavy atom. The minimum Gasteiger partial charge on any atom is -0.488 e. The van der Waals surface area contributed by atoms with Crippen LogP contribution in [0.15, 0.2) is 42.5 Å². The summed E-state index contributed by atoms with van der Waals surface area (Å²) in [4.78, 5) is 23.4. The maximum atomic E-state index is 12.3. The van der Waals surface area contributed by atoms with E-state index in [1.165, 1.54) is 6.92 Å². The lowest BCUT2D eigenvalue weighted by Crippen LogP contribution is -2.28. The highest BCUT2D eigenvalue weighted by Gasteiger charge is 2.32. The Hall–Kier alpha value is -3.02. The van der Waals surface area contributed by atoms with Gasteiger partial charge in [0.1, 0.15) is 12.2 Å². The van der Waals surface area contributed by atoms with E-state index in [0.29, 0.717) is 30.2 Å². The third-order valence-electron chi connectivity index (χ3n) is 4.15. The maximum Gasteiger partial charge on any atom is 0.251 e. The lowest BCUT2D eigenvalue weighted by Gasteiger charge is -2.18. The first-order valence-corrected chi connectivity index (χ1v) is 8.94. The van der Waals surface area contributed by atoms with Gasteiger partial charge in [0, 0.05) is 30.2 Å². The molecule has 1 aliphatic rings. The first-order valence-electron chi connectivity index (χ1n) is 8.94. The molecule has 0 saturated heterocycles. The van der Waals surface area contributed by atoms with Crippen LogP contribution in [0.5, 0.6) is 11.5 Å². The van der Waals surface area contributed by atoms with Crippen molar-refractivity contribution in [2.45, 2.75) is 32.8 Å². The minimum atomic E-state index is -0.227. The van der Waals surface area contributed by atoms with Crippen molar-refractivity contribution in [2.24, 2.45) is 0 Å². The second kappa shape index (κ2) is 7.70. The number of anilines is 1. The molecule has 0 aliphatic carbocycles. The van der Waals surface area contributed by atoms with Crippen molar-refractivity contribution in [3.8, 4) is 11.5 Å². The summed E-state index contributed by atoms with van der Waals surface area (Å²) in [5.41, 5.74) is 1.98. The summed E-state index contributed by atoms with van der Waals surface area (Å²) in [7, 11) is 0. The number of amides is 2. The number of nitrogens with one attached hydrogen (secondary N) is 2. The van der Waals surface area contributed by atoms with Gasteiger partial charge in [-0.2, -0.15) is 0 Å². The van der Waals surface area contributed by atoms with Gasteiger partial charge in [-0.15, -0.1) is 0 Å². The molecule has 0 saturated carbocycles. The maximum absolute atomic E-state index is 12.3. The Labute approximate surface area is 158 Å². The van der Waals surface area contributed by atoms with Gasteiger partial charge in [0.15, 0.2) is 11.5 Å². The van der Waals surface area contributed by atoms with Crippen LogP contribution in [-0.2, 0) is 11.2 Å². The summed E-state index contributed by atoms with van der Waals surface area (Å²) in [6.07, 6.45) is 0.848. The number of hydrogen-bond acceptors (Lipinski definition) is 4. The molecule has 3 rings (SSSR count). The van der Waals surface area contributed by atoms with E-state index in [-0.39, 0.29) is 17.4 Å². The average molecular weight is 368 g/mol. The molecule has 2 aromatic carbocycles. The van der Waals surface area contributed by atoms with Crippen molar-refractivity contribution in [1.29, 1.82) is 0 Å². The molecule has 2 aromatic rings. The molecule has 0 fully saturated rings. The molecule has 0 bridgehead atoms. The van der Waals surface area contributed by atoms with Crippen LogP contribution in [0.4, 0.5) is 5.69 Å². The Morgan fingerprint density at radius 1 is 1.19 bits per heavy atom. The second-order valence-electron chi connectivity index (χ2n) is 7.15. The fraction of sp³-hybridized carbons (Fsp3) is 0.333. The Balaban J connectivity index is 1.52. The highest BCUT2D eigenvalue weighted by molar-refractivity contribution is 5.96. The van der Waals surface area contributed by atoms with Gasteiger partial charge in [-0.05, 0) is 38.1 Å². The summed E-state index contributed by atoms with van der Waals surface area (Å²) in [6, 6.07) is 12.7. The smallest absolute Gasteiger partial charge is 0.251 e. The van der Waals surface area contributed by atoms with E-state index in [9.17, 15) is 9.59 Å². The zero-order chi connectivity index (χ0) is 19.4. The van der Waals surface area contributed by atoms with E-state index in [1.54, 1.807) is 24.3 Å². The van der Waals surface area contributed by atoms with Gasteiger partial charge in [0.2, 0.25) is 5.91 Å². The van der Waals surface area contributed by atoms with Gasteiger partial charge in [-0.1, -0.05) is 18.2 Å². The van der Waals surface area contributed by atoms with Gasteiger partial charge in [-0.3, -0.25) is 9.59 Å². The predicted octanol–water partition coefficient (Wildman–Crippen LogP) is 3.17. The van der Waals surface area contributed by atoms with Crippen LogP contribution in [0, 0.1) is 0 Å². The molecule has 1 heterocycles. The number of hydrogen-bond donors (Lipinski definition) is 2. The van der Waals surface area contributed by atoms with Crippen LogP contribution in [0.3, 0.4) is 0 Å². The summed E-state index contributed by atoms with van der Waals surface area (Å²) >= 11 is 0. The summed E-state index contributed by atoms with van der Waals surface area (Å²) in [5, 5.41) is 5.48. The first kappa shape index (κ1) is 18.8. The molecular weight excluding hydrogens is 344 g/mol. The molecule has 142 valence electrons. The Morgan fingerprint density at radius 3 is 2.74 bits per heavy atom. The molecule has 0 spiro atoms. The number of ether oxygens (including phenoxy) is 2. The van der Waals surface area contributed by atoms with Crippen LogP contribution >= 0.6 is 0 Å². The summed E-state index contributed by atoms with van der Waals surface area (Å²) < 4.78 is 11.8. The zero-order valence-electron chi connectivity index (χ0n) is 15.8. The normalized spacial score (nSPS) is 14.0. The molecule has 1 aliphatic heterocycles. The summed E-state index contributed by atoms with van der Waals surface area (Å²) in [5.74, 6) is 1.08. The Bertz CT molecular complexity index is 861. The van der Waals surface area contributed by atoms with Gasteiger partial charge < -0.3 is 20.1 Å². The van der Waals surface area contributed by atoms with Crippen LogP contribution in [-0.4, -0.2) is 30.6 Å². The summed E-state index contributed by atoms with van der Waals surface area (Å²) in [6.45, 7) is 6.21. The fourth-order valence-corrected chi connectivity index (χ4v) is 3.07. The topological polar surface area (TPSA) is 76.7 Å². The number of carbonyl (C=O) groups excluding carboxylic acids is 2. The average Bonchev–Trinajstić information content (AvgIpc) is 2.92. The van der Waals surface area contributed by atoms with E-state index in [1.807, 2.05) is 32.0 Å². The van der Waals surface area contributed by atoms with E-state index in [0.717, 1.165) is 17.7 Å². The zero-order valence-corrected chi connectivity index (χ0v) is 15.8. The van der Waals surface area contributed by atoms with E-state index in [4.69, 9.17) is 9.47 Å². The van der Waals surface area contributed by atoms with Crippen molar-refractivity contribution < 1.29 is 19.1 Å². The van der Waals surface area contributed by atoms with Crippen molar-refractivity contribution in [3.05, 3.63) is 53.6 Å². The van der Waals surface area contributed by atoms with Crippen LogP contribution < -0.4 is 20.1 Å². The van der Waals surface area contributed by atoms with E-state index >= 15 is 0 Å². The Kier molecular flexibility index (Phi) is 5.35. The van der Waals surface area contributed by atoms with Crippen LogP contribution in [0.2, 0.25) is 0 Å². The van der Waals surface area contributed by atoms with Crippen LogP contribution in [0.25, 0.3) is 0 Å². The lowest BCUT2D eigenvalue weighted by molar-refractivity contribution is -0.114. The third-order valence-corrected chi connectivity index (χ3v) is 4.15. The molecule has 0 unspecified atom stereocenters. The molecule has 6 heteroatoms. The number of para-hydroxylation sites is 1. The largest absolute Gasteiger partial charge is 0.488 e.